The van der Waals surface area contributed by atoms with Crippen molar-refractivity contribution in [3.63, 3.8) is 0 Å². The second kappa shape index (κ2) is 13.7. The number of methoxy groups -OCH3 is 1. The van der Waals surface area contributed by atoms with Crippen LogP contribution in [0.4, 0.5) is 13.6 Å². The SMILES string of the molecule is COc1ccc(CN(Cc2cnc3ccc(-c4ccc(F)c(F)c4OCCc4c(C(=O)O)nn(C)c4C)cn23)C(=O)OC(C)(C)C)cc1. The minimum atomic E-state index is -1.19. The van der Waals surface area contributed by atoms with E-state index in [9.17, 15) is 19.1 Å². The molecule has 0 spiro atoms. The summed E-state index contributed by atoms with van der Waals surface area (Å²) < 4.78 is 49.7. The number of carbonyl (C=O) groups is 2. The summed E-state index contributed by atoms with van der Waals surface area (Å²) in [4.78, 5) is 31.1. The van der Waals surface area contributed by atoms with Crippen molar-refractivity contribution in [1.82, 2.24) is 24.1 Å². The van der Waals surface area contributed by atoms with Crippen molar-refractivity contribution < 1.29 is 37.7 Å². The number of ether oxygens (including phenoxy) is 3. The van der Waals surface area contributed by atoms with E-state index in [-0.39, 0.29) is 43.1 Å². The van der Waals surface area contributed by atoms with Gasteiger partial charge in [-0.3, -0.25) is 9.58 Å². The summed E-state index contributed by atoms with van der Waals surface area (Å²) in [6.07, 6.45) is 2.95. The van der Waals surface area contributed by atoms with Crippen molar-refractivity contribution in [1.29, 1.82) is 0 Å². The van der Waals surface area contributed by atoms with Crippen LogP contribution >= 0.6 is 0 Å². The number of aromatic nitrogens is 4. The van der Waals surface area contributed by atoms with Crippen LogP contribution < -0.4 is 9.47 Å². The maximum atomic E-state index is 15.3. The van der Waals surface area contributed by atoms with Crippen molar-refractivity contribution in [3.8, 4) is 22.6 Å². The van der Waals surface area contributed by atoms with Gasteiger partial charge < -0.3 is 23.7 Å². The van der Waals surface area contributed by atoms with E-state index in [0.29, 0.717) is 33.9 Å². The molecule has 1 amide bonds. The van der Waals surface area contributed by atoms with Crippen molar-refractivity contribution in [2.75, 3.05) is 13.7 Å². The lowest BCUT2D eigenvalue weighted by molar-refractivity contribution is 0.0213. The van der Waals surface area contributed by atoms with Crippen molar-refractivity contribution in [2.24, 2.45) is 7.05 Å². The molecule has 0 saturated carbocycles. The molecule has 5 aromatic rings. The number of rotatable bonds is 11. The molecule has 13 heteroatoms. The number of carboxylic acids is 1. The van der Waals surface area contributed by atoms with Crippen LogP contribution in [-0.2, 0) is 31.3 Å². The number of aromatic carboxylic acids is 1. The number of carboxylic acid groups (broad SMARTS) is 1. The predicted octanol–water partition coefficient (Wildman–Crippen LogP) is 6.59. The molecule has 0 fully saturated rings. The van der Waals surface area contributed by atoms with E-state index in [4.69, 9.17) is 14.2 Å². The highest BCUT2D eigenvalue weighted by atomic mass is 19.2. The van der Waals surface area contributed by atoms with Gasteiger partial charge in [0.25, 0.3) is 0 Å². The zero-order valence-electron chi connectivity index (χ0n) is 27.6. The molecule has 3 aromatic heterocycles. The number of carbonyl (C=O) groups excluding carboxylic acids is 1. The number of hydrogen-bond acceptors (Lipinski definition) is 7. The molecule has 0 radical (unpaired) electrons. The summed E-state index contributed by atoms with van der Waals surface area (Å²) >= 11 is 0. The Kier molecular flexibility index (Phi) is 9.69. The molecule has 0 bridgehead atoms. The first-order chi connectivity index (χ1) is 22.8. The van der Waals surface area contributed by atoms with Gasteiger partial charge in [-0.25, -0.2) is 19.0 Å². The molecular weight excluding hydrogens is 624 g/mol. The largest absolute Gasteiger partial charge is 0.497 e. The monoisotopic (exact) mass is 661 g/mol. The van der Waals surface area contributed by atoms with Crippen molar-refractivity contribution in [2.45, 2.75) is 52.8 Å². The quantitative estimate of drug-likeness (QED) is 0.168. The summed E-state index contributed by atoms with van der Waals surface area (Å²) in [6, 6.07) is 13.2. The van der Waals surface area contributed by atoms with E-state index >= 15 is 4.39 Å². The van der Waals surface area contributed by atoms with Crippen LogP contribution in [0, 0.1) is 18.6 Å². The Morgan fingerprint density at radius 3 is 2.42 bits per heavy atom. The molecule has 0 atom stereocenters. The Balaban J connectivity index is 1.45. The van der Waals surface area contributed by atoms with E-state index in [2.05, 4.69) is 10.1 Å². The Morgan fingerprint density at radius 1 is 1.02 bits per heavy atom. The number of nitrogens with zero attached hydrogens (tertiary/aromatic N) is 5. The van der Waals surface area contributed by atoms with Crippen LogP contribution in [-0.4, -0.2) is 60.6 Å². The van der Waals surface area contributed by atoms with Gasteiger partial charge in [0, 0.05) is 48.6 Å². The van der Waals surface area contributed by atoms with E-state index in [1.807, 2.05) is 24.3 Å². The molecule has 2 aromatic carbocycles. The van der Waals surface area contributed by atoms with Gasteiger partial charge in [-0.1, -0.05) is 12.1 Å². The van der Waals surface area contributed by atoms with Gasteiger partial charge in [-0.15, -0.1) is 0 Å². The minimum Gasteiger partial charge on any atom is -0.497 e. The maximum Gasteiger partial charge on any atom is 0.410 e. The first-order valence-electron chi connectivity index (χ1n) is 15.2. The molecule has 48 heavy (non-hydrogen) atoms. The van der Waals surface area contributed by atoms with Crippen LogP contribution in [0.1, 0.15) is 53.8 Å². The second-order valence-electron chi connectivity index (χ2n) is 12.3. The highest BCUT2D eigenvalue weighted by Gasteiger charge is 2.25. The number of benzene rings is 2. The zero-order chi connectivity index (χ0) is 34.7. The second-order valence-corrected chi connectivity index (χ2v) is 12.3. The molecule has 1 N–H and O–H groups in total. The summed E-state index contributed by atoms with van der Waals surface area (Å²) in [5, 5.41) is 13.6. The summed E-state index contributed by atoms with van der Waals surface area (Å²) in [5.41, 5.74) is 3.07. The van der Waals surface area contributed by atoms with E-state index in [1.165, 1.54) is 10.7 Å². The van der Waals surface area contributed by atoms with Crippen LogP contribution in [0.15, 0.2) is 60.9 Å². The molecule has 5 rings (SSSR count). The lowest BCUT2D eigenvalue weighted by Crippen LogP contribution is -2.36. The number of imidazole rings is 1. The molecule has 0 aliphatic rings. The van der Waals surface area contributed by atoms with Crippen LogP contribution in [0.2, 0.25) is 0 Å². The van der Waals surface area contributed by atoms with Crippen LogP contribution in [0.5, 0.6) is 11.5 Å². The van der Waals surface area contributed by atoms with E-state index in [0.717, 1.165) is 11.6 Å². The predicted molar refractivity (Wildman–Crippen MR) is 173 cm³/mol. The van der Waals surface area contributed by atoms with Crippen LogP contribution in [0.3, 0.4) is 0 Å². The summed E-state index contributed by atoms with van der Waals surface area (Å²) in [7, 11) is 3.21. The molecule has 0 aliphatic heterocycles. The zero-order valence-corrected chi connectivity index (χ0v) is 27.6. The summed E-state index contributed by atoms with van der Waals surface area (Å²) in [5.74, 6) is -3.08. The molecule has 0 unspecified atom stereocenters. The molecule has 252 valence electrons. The first kappa shape index (κ1) is 33.9. The van der Waals surface area contributed by atoms with Crippen LogP contribution in [0.25, 0.3) is 16.8 Å². The Hall–Kier alpha value is -5.46. The fourth-order valence-corrected chi connectivity index (χ4v) is 5.24. The van der Waals surface area contributed by atoms with E-state index < -0.39 is 29.3 Å². The topological polar surface area (TPSA) is 120 Å². The number of amides is 1. The first-order valence-corrected chi connectivity index (χ1v) is 15.2. The lowest BCUT2D eigenvalue weighted by Gasteiger charge is -2.27. The number of halogens is 2. The highest BCUT2D eigenvalue weighted by Crippen LogP contribution is 2.35. The number of pyridine rings is 1. The third-order valence-corrected chi connectivity index (χ3v) is 7.74. The van der Waals surface area contributed by atoms with Gasteiger partial charge in [0.15, 0.2) is 17.3 Å². The number of hydrogen-bond donors (Lipinski definition) is 1. The molecule has 0 saturated heterocycles. The minimum absolute atomic E-state index is 0.107. The van der Waals surface area contributed by atoms with Gasteiger partial charge in [-0.2, -0.15) is 9.49 Å². The van der Waals surface area contributed by atoms with Crippen molar-refractivity contribution >= 4 is 17.7 Å². The van der Waals surface area contributed by atoms with Crippen molar-refractivity contribution in [3.05, 3.63) is 101 Å². The Labute approximate surface area is 276 Å². The smallest absolute Gasteiger partial charge is 0.410 e. The molecule has 11 nitrogen and oxygen atoms in total. The van der Waals surface area contributed by atoms with Gasteiger partial charge in [-0.05, 0) is 69.7 Å². The van der Waals surface area contributed by atoms with Gasteiger partial charge >= 0.3 is 12.1 Å². The fourth-order valence-electron chi connectivity index (χ4n) is 5.24. The third kappa shape index (κ3) is 7.40. The lowest BCUT2D eigenvalue weighted by atomic mass is 10.1. The molecular formula is C35H37F2N5O6. The van der Waals surface area contributed by atoms with Gasteiger partial charge in [0.05, 0.1) is 32.2 Å². The van der Waals surface area contributed by atoms with Gasteiger partial charge in [0.2, 0.25) is 5.82 Å². The highest BCUT2D eigenvalue weighted by molar-refractivity contribution is 5.87. The normalized spacial score (nSPS) is 11.5. The standard InChI is InChI=1S/C35H37F2N5O6/c1-21-26(31(33(43)44)39-40(21)5)15-16-47-32-27(12-13-28(36)30(32)37)23-9-14-29-38-17-24(42(29)19-23)20-41(34(45)48-35(2,3)4)18-22-7-10-25(46-6)11-8-22/h7-14,17,19H,15-16,18,20H2,1-6H3,(H,43,44). The third-order valence-electron chi connectivity index (χ3n) is 7.74. The molecule has 3 heterocycles. The van der Waals surface area contributed by atoms with Gasteiger partial charge in [0.1, 0.15) is 17.0 Å². The average molecular weight is 662 g/mol. The summed E-state index contributed by atoms with van der Waals surface area (Å²) in [6.45, 7) is 7.34. The average Bonchev–Trinajstić information content (AvgIpc) is 3.57. The number of aryl methyl sites for hydroxylation is 1. The van der Waals surface area contributed by atoms with E-state index in [1.54, 1.807) is 75.7 Å². The fraction of sp³-hybridized carbons (Fsp3) is 0.314. The molecule has 0 aliphatic carbocycles. The maximum absolute atomic E-state index is 15.3. The Bertz CT molecular complexity index is 1960. The Morgan fingerprint density at radius 2 is 1.75 bits per heavy atom. The number of fused-ring (bicyclic) bond motifs is 1.